The highest BCUT2D eigenvalue weighted by Gasteiger charge is 2.34. The summed E-state index contributed by atoms with van der Waals surface area (Å²) in [5.41, 5.74) is 13.6. The van der Waals surface area contributed by atoms with E-state index in [-0.39, 0.29) is 5.41 Å². The maximum absolute atomic E-state index is 4.74. The largest absolute Gasteiger partial charge is 0.309 e. The van der Waals surface area contributed by atoms with E-state index < -0.39 is 0 Å². The molecule has 0 N–H and O–H groups in total. The Balaban J connectivity index is 1.26. The highest BCUT2D eigenvalue weighted by Crippen LogP contribution is 2.46. The predicted octanol–water partition coefficient (Wildman–Crippen LogP) is 10.4. The van der Waals surface area contributed by atoms with E-state index in [4.69, 9.17) is 6.58 Å². The van der Waals surface area contributed by atoms with Crippen molar-refractivity contribution < 1.29 is 0 Å². The summed E-state index contributed by atoms with van der Waals surface area (Å²) in [6.45, 7) is 11.7. The Labute approximate surface area is 280 Å². The molecular formula is C46H36N2. The Hall–Kier alpha value is -5.86. The first-order valence-corrected chi connectivity index (χ1v) is 16.7. The molecule has 0 fully saturated rings. The van der Waals surface area contributed by atoms with E-state index in [2.05, 4.69) is 182 Å². The molecule has 1 aliphatic carbocycles. The minimum Gasteiger partial charge on any atom is -0.309 e. The predicted molar refractivity (Wildman–Crippen MR) is 204 cm³/mol. The van der Waals surface area contributed by atoms with Crippen molar-refractivity contribution in [2.45, 2.75) is 26.2 Å². The minimum absolute atomic E-state index is 0.107. The van der Waals surface area contributed by atoms with Crippen LogP contribution in [0.25, 0.3) is 73.4 Å². The van der Waals surface area contributed by atoms with E-state index in [0.29, 0.717) is 0 Å². The zero-order valence-corrected chi connectivity index (χ0v) is 27.5. The lowest BCUT2D eigenvalue weighted by molar-refractivity contribution is 0.660. The molecule has 0 aliphatic heterocycles. The summed E-state index contributed by atoms with van der Waals surface area (Å²) in [7, 11) is 0. The molecule has 0 saturated carbocycles. The first kappa shape index (κ1) is 28.4. The SMILES string of the molecule is C=c1/c(=C\C2=C(C)c3ccccc3C2(C)C)n(-c2ccccc2)c2ccc(-c3ccc4c(c3)c3ccccc3n4-c3ccccc3)cc12. The number of rotatable bonds is 4. The Bertz CT molecular complexity index is 2700. The lowest BCUT2D eigenvalue weighted by Gasteiger charge is -2.23. The molecule has 0 bridgehead atoms. The summed E-state index contributed by atoms with van der Waals surface area (Å²) in [6.07, 6.45) is 2.40. The number of nitrogens with zero attached hydrogens (tertiary/aromatic N) is 2. The van der Waals surface area contributed by atoms with Crippen LogP contribution in [0, 0.1) is 0 Å². The quantitative estimate of drug-likeness (QED) is 0.186. The van der Waals surface area contributed by atoms with Gasteiger partial charge in [0, 0.05) is 38.2 Å². The number of hydrogen-bond donors (Lipinski definition) is 0. The molecule has 2 heteroatoms. The maximum atomic E-state index is 4.74. The van der Waals surface area contributed by atoms with Gasteiger partial charge in [-0.3, -0.25) is 0 Å². The van der Waals surface area contributed by atoms with Crippen LogP contribution in [-0.2, 0) is 5.41 Å². The molecule has 6 aromatic carbocycles. The summed E-state index contributed by atoms with van der Waals surface area (Å²) >= 11 is 0. The molecule has 2 nitrogen and oxygen atoms in total. The van der Waals surface area contributed by atoms with Crippen LogP contribution in [0.3, 0.4) is 0 Å². The van der Waals surface area contributed by atoms with Crippen molar-refractivity contribution in [3.05, 3.63) is 173 Å². The van der Waals surface area contributed by atoms with Crippen LogP contribution >= 0.6 is 0 Å². The second-order valence-electron chi connectivity index (χ2n) is 13.5. The third-order valence-electron chi connectivity index (χ3n) is 10.5. The van der Waals surface area contributed by atoms with Gasteiger partial charge < -0.3 is 9.13 Å². The van der Waals surface area contributed by atoms with Crippen LogP contribution in [0.15, 0.2) is 151 Å². The summed E-state index contributed by atoms with van der Waals surface area (Å²) < 4.78 is 4.75. The molecule has 0 spiro atoms. The molecule has 0 radical (unpaired) electrons. The van der Waals surface area contributed by atoms with E-state index in [9.17, 15) is 0 Å². The molecule has 0 unspecified atom stereocenters. The molecule has 0 amide bonds. The summed E-state index contributed by atoms with van der Waals surface area (Å²) in [5, 5.41) is 5.85. The van der Waals surface area contributed by atoms with E-state index in [1.54, 1.807) is 0 Å². The number of aromatic nitrogens is 2. The smallest absolute Gasteiger partial charge is 0.0541 e. The second-order valence-corrected chi connectivity index (χ2v) is 13.5. The van der Waals surface area contributed by atoms with E-state index in [1.165, 1.54) is 66.3 Å². The summed E-state index contributed by atoms with van der Waals surface area (Å²) in [6, 6.07) is 52.6. The van der Waals surface area contributed by atoms with Gasteiger partial charge in [-0.2, -0.15) is 0 Å². The third-order valence-corrected chi connectivity index (χ3v) is 10.5. The van der Waals surface area contributed by atoms with Gasteiger partial charge in [-0.15, -0.1) is 0 Å². The first-order valence-electron chi connectivity index (χ1n) is 16.7. The number of benzene rings is 6. The van der Waals surface area contributed by atoms with Crippen molar-refractivity contribution in [1.82, 2.24) is 9.13 Å². The Morgan fingerprint density at radius 1 is 0.542 bits per heavy atom. The molecule has 8 aromatic rings. The molecule has 1 aliphatic rings. The fraction of sp³-hybridized carbons (Fsp3) is 0.0870. The van der Waals surface area contributed by atoms with Crippen LogP contribution in [0.2, 0.25) is 0 Å². The van der Waals surface area contributed by atoms with Crippen LogP contribution < -0.4 is 10.6 Å². The maximum Gasteiger partial charge on any atom is 0.0541 e. The molecule has 9 rings (SSSR count). The van der Waals surface area contributed by atoms with Crippen molar-refractivity contribution in [3.63, 3.8) is 0 Å². The van der Waals surface area contributed by atoms with E-state index in [1.807, 2.05) is 0 Å². The van der Waals surface area contributed by atoms with Gasteiger partial charge in [-0.05, 0) is 101 Å². The number of hydrogen-bond acceptors (Lipinski definition) is 0. The number of allylic oxidation sites excluding steroid dienone is 2. The highest BCUT2D eigenvalue weighted by molar-refractivity contribution is 6.10. The lowest BCUT2D eigenvalue weighted by atomic mass is 9.81. The standard InChI is InChI=1S/C46H36N2/c1-30-36-19-11-13-21-40(36)46(3,4)41(30)29-45-31(2)38-27-32(23-25-43(38)48(45)35-17-9-6-10-18-35)33-24-26-44-39(28-33)37-20-12-14-22-42(37)47(44)34-15-7-5-8-16-34/h5-29H,2H2,1,3-4H3/b45-29+. The molecule has 0 atom stereocenters. The van der Waals surface area contributed by atoms with Crippen molar-refractivity contribution in [2.24, 2.45) is 0 Å². The van der Waals surface area contributed by atoms with Crippen molar-refractivity contribution in [2.75, 3.05) is 0 Å². The second kappa shape index (κ2) is 10.6. The molecule has 230 valence electrons. The van der Waals surface area contributed by atoms with Crippen molar-refractivity contribution >= 4 is 50.9 Å². The van der Waals surface area contributed by atoms with Crippen molar-refractivity contribution in [1.29, 1.82) is 0 Å². The van der Waals surface area contributed by atoms with E-state index in [0.717, 1.165) is 21.8 Å². The first-order chi connectivity index (χ1) is 23.4. The fourth-order valence-electron chi connectivity index (χ4n) is 8.11. The highest BCUT2D eigenvalue weighted by atomic mass is 15.0. The topological polar surface area (TPSA) is 9.86 Å². The Kier molecular flexibility index (Phi) is 6.26. The van der Waals surface area contributed by atoms with Crippen LogP contribution in [0.5, 0.6) is 0 Å². The van der Waals surface area contributed by atoms with Gasteiger partial charge in [0.1, 0.15) is 0 Å². The number of fused-ring (bicyclic) bond motifs is 5. The van der Waals surface area contributed by atoms with Gasteiger partial charge in [0.25, 0.3) is 0 Å². The zero-order valence-electron chi connectivity index (χ0n) is 27.5. The summed E-state index contributed by atoms with van der Waals surface area (Å²) in [5.74, 6) is 0. The average molecular weight is 617 g/mol. The monoisotopic (exact) mass is 616 g/mol. The molecule has 2 heterocycles. The van der Waals surface area contributed by atoms with Crippen LogP contribution in [0.1, 0.15) is 31.9 Å². The molecule has 2 aromatic heterocycles. The lowest BCUT2D eigenvalue weighted by Crippen LogP contribution is -2.29. The molecular weight excluding hydrogens is 581 g/mol. The van der Waals surface area contributed by atoms with Gasteiger partial charge in [0.2, 0.25) is 0 Å². The van der Waals surface area contributed by atoms with Gasteiger partial charge in [-0.25, -0.2) is 0 Å². The average Bonchev–Trinajstić information content (AvgIpc) is 3.68. The zero-order chi connectivity index (χ0) is 32.6. The Morgan fingerprint density at radius 2 is 1.08 bits per heavy atom. The summed E-state index contributed by atoms with van der Waals surface area (Å²) in [4.78, 5) is 0. The van der Waals surface area contributed by atoms with Crippen LogP contribution in [0.4, 0.5) is 0 Å². The number of para-hydroxylation sites is 3. The van der Waals surface area contributed by atoms with E-state index >= 15 is 0 Å². The van der Waals surface area contributed by atoms with Gasteiger partial charge in [0.05, 0.1) is 21.9 Å². The van der Waals surface area contributed by atoms with Gasteiger partial charge in [-0.1, -0.05) is 111 Å². The van der Waals surface area contributed by atoms with Crippen molar-refractivity contribution in [3.8, 4) is 22.5 Å². The van der Waals surface area contributed by atoms with Gasteiger partial charge >= 0.3 is 0 Å². The van der Waals surface area contributed by atoms with Gasteiger partial charge in [0.15, 0.2) is 0 Å². The normalized spacial score (nSPS) is 14.4. The fourth-order valence-corrected chi connectivity index (χ4v) is 8.11. The van der Waals surface area contributed by atoms with Crippen LogP contribution in [-0.4, -0.2) is 9.13 Å². The molecule has 48 heavy (non-hydrogen) atoms. The Morgan fingerprint density at radius 3 is 1.77 bits per heavy atom. The third kappa shape index (κ3) is 4.12. The minimum atomic E-state index is -0.107. The molecule has 0 saturated heterocycles.